The van der Waals surface area contributed by atoms with Gasteiger partial charge < -0.3 is 34.3 Å². The molecule has 1 heterocycles. The van der Waals surface area contributed by atoms with Crippen molar-refractivity contribution in [2.45, 2.75) is 26.8 Å². The highest BCUT2D eigenvalue weighted by molar-refractivity contribution is 14.1. The normalized spacial score (nSPS) is 14.4. The van der Waals surface area contributed by atoms with Crippen molar-refractivity contribution < 1.29 is 38.1 Å². The fourth-order valence-corrected chi connectivity index (χ4v) is 4.72. The van der Waals surface area contributed by atoms with Gasteiger partial charge in [0.2, 0.25) is 0 Å². The lowest BCUT2D eigenvalue weighted by Crippen LogP contribution is -2.45. The lowest BCUT2D eigenvalue weighted by Gasteiger charge is -2.28. The predicted molar refractivity (Wildman–Crippen MR) is 163 cm³/mol. The van der Waals surface area contributed by atoms with Gasteiger partial charge >= 0.3 is 12.0 Å². The zero-order chi connectivity index (χ0) is 30.6. The number of benzene rings is 2. The molecule has 2 aromatic rings. The Morgan fingerprint density at radius 2 is 1.90 bits per heavy atom. The first-order valence-electron chi connectivity index (χ1n) is 12.8. The van der Waals surface area contributed by atoms with E-state index in [-0.39, 0.29) is 31.1 Å². The first kappa shape index (κ1) is 32.1. The van der Waals surface area contributed by atoms with Crippen LogP contribution in [0.4, 0.5) is 4.79 Å². The number of amides is 3. The molecule has 12 nitrogen and oxygen atoms in total. The van der Waals surface area contributed by atoms with Crippen LogP contribution in [0.5, 0.6) is 23.0 Å². The van der Waals surface area contributed by atoms with E-state index >= 15 is 0 Å². The average Bonchev–Trinajstić information content (AvgIpc) is 2.95. The summed E-state index contributed by atoms with van der Waals surface area (Å²) < 4.78 is 28.3. The van der Waals surface area contributed by atoms with E-state index in [1.807, 2.05) is 13.0 Å². The van der Waals surface area contributed by atoms with E-state index in [9.17, 15) is 14.4 Å². The number of esters is 1. The first-order chi connectivity index (χ1) is 20.2. The Morgan fingerprint density at radius 3 is 2.60 bits per heavy atom. The molecule has 3 amide bonds. The third kappa shape index (κ3) is 8.29. The largest absolute Gasteiger partial charge is 0.493 e. The number of halogens is 1. The fraction of sp³-hybridized carbons (Fsp3) is 0.310. The van der Waals surface area contributed by atoms with E-state index in [0.717, 1.165) is 3.57 Å². The molecule has 0 spiro atoms. The van der Waals surface area contributed by atoms with Gasteiger partial charge in [-0.2, -0.15) is 5.10 Å². The maximum absolute atomic E-state index is 12.6. The molecule has 2 aromatic carbocycles. The van der Waals surface area contributed by atoms with E-state index in [1.165, 1.54) is 13.3 Å². The number of carbonyl (C=O) groups excluding carboxylic acids is 3. The van der Waals surface area contributed by atoms with Gasteiger partial charge in [0.25, 0.3) is 5.91 Å². The van der Waals surface area contributed by atoms with Gasteiger partial charge in [0, 0.05) is 5.70 Å². The van der Waals surface area contributed by atoms with Crippen LogP contribution in [-0.2, 0) is 14.3 Å². The van der Waals surface area contributed by atoms with E-state index < -0.39 is 23.9 Å². The van der Waals surface area contributed by atoms with Crippen LogP contribution in [0.15, 0.2) is 46.7 Å². The summed E-state index contributed by atoms with van der Waals surface area (Å²) >= 11 is 2.11. The average molecular weight is 690 g/mol. The van der Waals surface area contributed by atoms with Gasteiger partial charge in [0.05, 0.1) is 41.7 Å². The molecular weight excluding hydrogens is 659 g/mol. The second kappa shape index (κ2) is 15.5. The highest BCUT2D eigenvalue weighted by Crippen LogP contribution is 2.35. The van der Waals surface area contributed by atoms with Crippen LogP contribution >= 0.6 is 22.6 Å². The number of hydrazone groups is 1. The molecule has 0 radical (unpaired) electrons. The zero-order valence-corrected chi connectivity index (χ0v) is 25.7. The summed E-state index contributed by atoms with van der Waals surface area (Å²) in [6.45, 7) is 5.53. The molecule has 0 aromatic heterocycles. The molecule has 3 N–H and O–H groups in total. The van der Waals surface area contributed by atoms with Gasteiger partial charge in [-0.15, -0.1) is 6.42 Å². The second-order valence-corrected chi connectivity index (χ2v) is 9.70. The van der Waals surface area contributed by atoms with Crippen molar-refractivity contribution in [2.24, 2.45) is 5.10 Å². The summed E-state index contributed by atoms with van der Waals surface area (Å²) in [5, 5.41) is 9.31. The van der Waals surface area contributed by atoms with Crippen molar-refractivity contribution in [3.05, 3.63) is 56.3 Å². The SMILES string of the molecule is C#CCOc1c(I)cc(/C=N\NC(=O)COc2ccc([C@H]3NC(=O)NC(C)=C3C(=O)OCC)cc2OC)cc1OCC. The topological polar surface area (TPSA) is 146 Å². The standard InChI is InChI=1S/C29H31IN4O8/c1-6-11-41-27-20(30)12-18(13-23(27)39-7-2)15-31-34-24(35)16-42-21-10-9-19(14-22(21)38-5)26-25(28(36)40-8-3)17(4)32-29(37)33-26/h1,9-10,12-15,26H,7-8,11,16H2,2-5H3,(H,34,35)(H2,32,33,37)/b31-15-/t26-/m1/s1. The van der Waals surface area contributed by atoms with Gasteiger partial charge in [-0.3, -0.25) is 4.79 Å². The summed E-state index contributed by atoms with van der Waals surface area (Å²) in [4.78, 5) is 37.1. The first-order valence-corrected chi connectivity index (χ1v) is 13.9. The van der Waals surface area contributed by atoms with Gasteiger partial charge in [0.1, 0.15) is 6.61 Å². The minimum Gasteiger partial charge on any atom is -0.493 e. The molecule has 1 aliphatic rings. The van der Waals surface area contributed by atoms with Gasteiger partial charge in [-0.05, 0) is 78.8 Å². The Bertz CT molecular complexity index is 1430. The molecule has 13 heteroatoms. The highest BCUT2D eigenvalue weighted by Gasteiger charge is 2.32. The quantitative estimate of drug-likeness (QED) is 0.0954. The third-order valence-electron chi connectivity index (χ3n) is 5.68. The molecular formula is C29H31IN4O8. The Kier molecular flexibility index (Phi) is 11.9. The van der Waals surface area contributed by atoms with Crippen LogP contribution in [0.3, 0.4) is 0 Å². The lowest BCUT2D eigenvalue weighted by atomic mass is 9.95. The number of methoxy groups -OCH3 is 1. The molecule has 222 valence electrons. The summed E-state index contributed by atoms with van der Waals surface area (Å²) in [7, 11) is 1.44. The summed E-state index contributed by atoms with van der Waals surface area (Å²) in [5.41, 5.74) is 4.29. The predicted octanol–water partition coefficient (Wildman–Crippen LogP) is 3.43. The number of ether oxygens (including phenoxy) is 5. The van der Waals surface area contributed by atoms with E-state index in [4.69, 9.17) is 30.1 Å². The summed E-state index contributed by atoms with van der Waals surface area (Å²) in [5.74, 6) is 2.97. The van der Waals surface area contributed by atoms with Crippen molar-refractivity contribution in [2.75, 3.05) is 33.5 Å². The molecule has 3 rings (SSSR count). The van der Waals surface area contributed by atoms with E-state index in [1.54, 1.807) is 38.1 Å². The lowest BCUT2D eigenvalue weighted by molar-refractivity contribution is -0.139. The summed E-state index contributed by atoms with van der Waals surface area (Å²) in [6.07, 6.45) is 6.76. The highest BCUT2D eigenvalue weighted by atomic mass is 127. The number of hydrogen-bond donors (Lipinski definition) is 3. The Morgan fingerprint density at radius 1 is 1.12 bits per heavy atom. The molecule has 0 saturated carbocycles. The van der Waals surface area contributed by atoms with Gasteiger partial charge in [0.15, 0.2) is 29.6 Å². The minimum atomic E-state index is -0.775. The number of rotatable bonds is 13. The van der Waals surface area contributed by atoms with Crippen LogP contribution in [-0.4, -0.2) is 57.7 Å². The number of terminal acetylenes is 1. The number of hydrogen-bond acceptors (Lipinski definition) is 9. The van der Waals surface area contributed by atoms with E-state index in [0.29, 0.717) is 40.7 Å². The number of urea groups is 1. The maximum atomic E-state index is 12.6. The van der Waals surface area contributed by atoms with Crippen molar-refractivity contribution in [1.29, 1.82) is 0 Å². The molecule has 0 saturated heterocycles. The van der Waals surface area contributed by atoms with Crippen LogP contribution in [0.25, 0.3) is 0 Å². The van der Waals surface area contributed by atoms with Crippen LogP contribution in [0, 0.1) is 15.9 Å². The molecule has 1 atom stereocenters. The molecule has 0 unspecified atom stereocenters. The van der Waals surface area contributed by atoms with Crippen molar-refractivity contribution >= 4 is 46.7 Å². The number of carbonyl (C=O) groups is 3. The van der Waals surface area contributed by atoms with Gasteiger partial charge in [-0.25, -0.2) is 15.0 Å². The Balaban J connectivity index is 1.68. The van der Waals surface area contributed by atoms with Crippen LogP contribution < -0.4 is 35.0 Å². The number of nitrogens with zero attached hydrogens (tertiary/aromatic N) is 1. The third-order valence-corrected chi connectivity index (χ3v) is 6.48. The Hall–Kier alpha value is -4.45. The minimum absolute atomic E-state index is 0.104. The smallest absolute Gasteiger partial charge is 0.338 e. The fourth-order valence-electron chi connectivity index (χ4n) is 3.94. The molecule has 0 bridgehead atoms. The Labute approximate surface area is 257 Å². The monoisotopic (exact) mass is 690 g/mol. The van der Waals surface area contributed by atoms with E-state index in [2.05, 4.69) is 49.7 Å². The number of nitrogens with one attached hydrogen (secondary N) is 3. The number of allylic oxidation sites excluding steroid dienone is 1. The van der Waals surface area contributed by atoms with Gasteiger partial charge in [-0.1, -0.05) is 12.0 Å². The molecule has 1 aliphatic heterocycles. The van der Waals surface area contributed by atoms with Crippen molar-refractivity contribution in [3.63, 3.8) is 0 Å². The summed E-state index contributed by atoms with van der Waals surface area (Å²) in [6, 6.07) is 7.15. The van der Waals surface area contributed by atoms with Crippen molar-refractivity contribution in [1.82, 2.24) is 16.1 Å². The zero-order valence-electron chi connectivity index (χ0n) is 23.5. The van der Waals surface area contributed by atoms with Crippen LogP contribution in [0.1, 0.15) is 37.9 Å². The second-order valence-electron chi connectivity index (χ2n) is 8.54. The van der Waals surface area contributed by atoms with Crippen LogP contribution in [0.2, 0.25) is 0 Å². The maximum Gasteiger partial charge on any atom is 0.338 e. The molecule has 0 aliphatic carbocycles. The molecule has 42 heavy (non-hydrogen) atoms. The molecule has 0 fully saturated rings. The van der Waals surface area contributed by atoms with Crippen molar-refractivity contribution in [3.8, 4) is 35.3 Å².